The van der Waals surface area contributed by atoms with Gasteiger partial charge in [0.05, 0.1) is 6.17 Å². The molecular weight excluding hydrogens is 152 g/mol. The smallest absolute Gasteiger partial charge is 0.244 e. The second-order valence-corrected chi connectivity index (χ2v) is 1.47. The summed E-state index contributed by atoms with van der Waals surface area (Å²) in [6.45, 7) is 6.62. The van der Waals surface area contributed by atoms with Gasteiger partial charge in [0.25, 0.3) is 0 Å². The zero-order chi connectivity index (χ0) is 7.28. The van der Waals surface area contributed by atoms with Crippen LogP contribution in [0.25, 0.3) is 0 Å². The maximum absolute atomic E-state index is 10.4. The summed E-state index contributed by atoms with van der Waals surface area (Å²) < 4.78 is 0. The zero-order valence-corrected chi connectivity index (χ0v) is 6.36. The Morgan fingerprint density at radius 1 is 1.60 bits per heavy atom. The third-order valence-corrected chi connectivity index (χ3v) is 0.748. The van der Waals surface area contributed by atoms with Crippen molar-refractivity contribution in [2.24, 2.45) is 5.73 Å². The van der Waals surface area contributed by atoms with Crippen LogP contribution in [0.4, 0.5) is 0 Å². The lowest BCUT2D eigenvalue weighted by atomic mass is 10.4. The predicted molar refractivity (Wildman–Crippen MR) is 43.8 cm³/mol. The number of hydrogen-bond acceptors (Lipinski definition) is 2. The summed E-state index contributed by atoms with van der Waals surface area (Å²) in [5.74, 6) is -0.289. The highest BCUT2D eigenvalue weighted by atomic mass is 35.5. The van der Waals surface area contributed by atoms with Crippen LogP contribution in [-0.2, 0) is 4.79 Å². The van der Waals surface area contributed by atoms with Gasteiger partial charge in [-0.2, -0.15) is 0 Å². The Bertz CT molecular complexity index is 136. The van der Waals surface area contributed by atoms with E-state index in [1.807, 2.05) is 0 Å². The lowest BCUT2D eigenvalue weighted by Crippen LogP contribution is -2.38. The first kappa shape index (κ1) is 11.9. The normalized spacial score (nSPS) is 10.5. The van der Waals surface area contributed by atoms with Crippen LogP contribution in [0.3, 0.4) is 0 Å². The van der Waals surface area contributed by atoms with Crippen molar-refractivity contribution in [2.45, 2.75) is 6.17 Å². The third kappa shape index (κ3) is 5.34. The standard InChI is InChI=1S/C6H10N2O.ClH/c1-3-5(7)8-6(9)4-2;/h3-5H,1-2,7H2,(H,8,9);1H. The molecule has 0 rings (SSSR count). The molecular formula is C6H11ClN2O. The third-order valence-electron chi connectivity index (χ3n) is 0.748. The van der Waals surface area contributed by atoms with Crippen molar-refractivity contribution >= 4 is 18.3 Å². The first-order valence-corrected chi connectivity index (χ1v) is 2.51. The van der Waals surface area contributed by atoms with Gasteiger partial charge in [-0.25, -0.2) is 0 Å². The summed E-state index contributed by atoms with van der Waals surface area (Å²) in [6, 6.07) is 0. The largest absolute Gasteiger partial charge is 0.334 e. The van der Waals surface area contributed by atoms with Crippen LogP contribution in [0.5, 0.6) is 0 Å². The van der Waals surface area contributed by atoms with Gasteiger partial charge in [0, 0.05) is 0 Å². The Kier molecular flexibility index (Phi) is 7.54. The SMILES string of the molecule is C=CC(=O)NC(N)C=C.Cl. The molecule has 0 aromatic carbocycles. The average Bonchev–Trinajstić information content (AvgIpc) is 1.87. The molecule has 0 aliphatic carbocycles. The molecule has 1 unspecified atom stereocenters. The molecule has 1 amide bonds. The number of amides is 1. The van der Waals surface area contributed by atoms with Gasteiger partial charge in [-0.15, -0.1) is 12.4 Å². The summed E-state index contributed by atoms with van der Waals surface area (Å²) >= 11 is 0. The Balaban J connectivity index is 0. The highest BCUT2D eigenvalue weighted by molar-refractivity contribution is 5.87. The molecule has 0 aliphatic heterocycles. The highest BCUT2D eigenvalue weighted by Crippen LogP contribution is 1.72. The molecule has 3 N–H and O–H groups in total. The Morgan fingerprint density at radius 2 is 2.10 bits per heavy atom. The van der Waals surface area contributed by atoms with E-state index in [1.54, 1.807) is 0 Å². The molecule has 0 saturated carbocycles. The quantitative estimate of drug-likeness (QED) is 0.354. The highest BCUT2D eigenvalue weighted by Gasteiger charge is 1.96. The van der Waals surface area contributed by atoms with Gasteiger partial charge in [0.15, 0.2) is 0 Å². The van der Waals surface area contributed by atoms with Gasteiger partial charge >= 0.3 is 0 Å². The van der Waals surface area contributed by atoms with Crippen molar-refractivity contribution in [3.05, 3.63) is 25.3 Å². The van der Waals surface area contributed by atoms with Crippen molar-refractivity contribution in [3.8, 4) is 0 Å². The van der Waals surface area contributed by atoms with Crippen LogP contribution in [-0.4, -0.2) is 12.1 Å². The molecule has 0 saturated heterocycles. The minimum absolute atomic E-state index is 0. The lowest BCUT2D eigenvalue weighted by molar-refractivity contribution is -0.116. The van der Waals surface area contributed by atoms with Crippen molar-refractivity contribution in [1.82, 2.24) is 5.32 Å². The minimum atomic E-state index is -0.476. The van der Waals surface area contributed by atoms with E-state index in [2.05, 4.69) is 18.5 Å². The van der Waals surface area contributed by atoms with Crippen molar-refractivity contribution in [1.29, 1.82) is 0 Å². The van der Waals surface area contributed by atoms with E-state index in [1.165, 1.54) is 6.08 Å². The minimum Gasteiger partial charge on any atom is -0.334 e. The van der Waals surface area contributed by atoms with Crippen LogP contribution in [0.1, 0.15) is 0 Å². The Morgan fingerprint density at radius 3 is 2.40 bits per heavy atom. The van der Waals surface area contributed by atoms with Crippen molar-refractivity contribution in [3.63, 3.8) is 0 Å². The molecule has 0 aromatic rings. The number of hydrogen-bond donors (Lipinski definition) is 2. The van der Waals surface area contributed by atoms with E-state index < -0.39 is 6.17 Å². The number of nitrogens with one attached hydrogen (secondary N) is 1. The van der Waals surface area contributed by atoms with E-state index in [0.29, 0.717) is 0 Å². The summed E-state index contributed by atoms with van der Waals surface area (Å²) in [7, 11) is 0. The molecule has 0 heterocycles. The van der Waals surface area contributed by atoms with Crippen LogP contribution in [0.2, 0.25) is 0 Å². The van der Waals surface area contributed by atoms with Crippen LogP contribution in [0, 0.1) is 0 Å². The summed E-state index contributed by atoms with van der Waals surface area (Å²) in [4.78, 5) is 10.4. The van der Waals surface area contributed by atoms with Gasteiger partial charge in [-0.1, -0.05) is 19.2 Å². The molecule has 0 aliphatic rings. The Labute approximate surface area is 66.4 Å². The topological polar surface area (TPSA) is 55.1 Å². The maximum Gasteiger partial charge on any atom is 0.244 e. The van der Waals surface area contributed by atoms with Gasteiger partial charge in [-0.05, 0) is 6.08 Å². The maximum atomic E-state index is 10.4. The van der Waals surface area contributed by atoms with E-state index in [-0.39, 0.29) is 18.3 Å². The first-order valence-electron chi connectivity index (χ1n) is 2.51. The average molecular weight is 163 g/mol. The fraction of sp³-hybridized carbons (Fsp3) is 0.167. The zero-order valence-electron chi connectivity index (χ0n) is 5.54. The number of carbonyl (C=O) groups excluding carboxylic acids is 1. The fourth-order valence-corrected chi connectivity index (χ4v) is 0.282. The monoisotopic (exact) mass is 162 g/mol. The van der Waals surface area contributed by atoms with E-state index in [9.17, 15) is 4.79 Å². The van der Waals surface area contributed by atoms with Crippen molar-refractivity contribution < 1.29 is 4.79 Å². The fourth-order valence-electron chi connectivity index (χ4n) is 0.282. The molecule has 0 radical (unpaired) electrons. The molecule has 0 spiro atoms. The first-order chi connectivity index (χ1) is 4.20. The van der Waals surface area contributed by atoms with E-state index >= 15 is 0 Å². The lowest BCUT2D eigenvalue weighted by Gasteiger charge is -2.04. The molecule has 58 valence electrons. The van der Waals surface area contributed by atoms with Crippen molar-refractivity contribution in [2.75, 3.05) is 0 Å². The van der Waals surface area contributed by atoms with E-state index in [0.717, 1.165) is 6.08 Å². The predicted octanol–water partition coefficient (Wildman–Crippen LogP) is 0.181. The molecule has 10 heavy (non-hydrogen) atoms. The molecule has 1 atom stereocenters. The number of nitrogens with two attached hydrogens (primary N) is 1. The summed E-state index contributed by atoms with van der Waals surface area (Å²) in [6.07, 6.45) is 2.11. The molecule has 0 aromatic heterocycles. The molecule has 0 fully saturated rings. The van der Waals surface area contributed by atoms with Gasteiger partial charge in [-0.3, -0.25) is 4.79 Å². The molecule has 3 nitrogen and oxygen atoms in total. The number of carbonyl (C=O) groups is 1. The molecule has 4 heteroatoms. The van der Waals surface area contributed by atoms with Crippen LogP contribution >= 0.6 is 12.4 Å². The number of halogens is 1. The van der Waals surface area contributed by atoms with E-state index in [4.69, 9.17) is 5.73 Å². The van der Waals surface area contributed by atoms with Crippen LogP contribution in [0.15, 0.2) is 25.3 Å². The molecule has 0 bridgehead atoms. The number of rotatable bonds is 3. The Hall–Kier alpha value is -0.800. The van der Waals surface area contributed by atoms with Gasteiger partial charge in [0.1, 0.15) is 0 Å². The summed E-state index contributed by atoms with van der Waals surface area (Å²) in [5.41, 5.74) is 5.25. The van der Waals surface area contributed by atoms with Crippen LogP contribution < -0.4 is 11.1 Å². The van der Waals surface area contributed by atoms with Gasteiger partial charge in [0.2, 0.25) is 5.91 Å². The second kappa shape index (κ2) is 6.32. The summed E-state index contributed by atoms with van der Waals surface area (Å²) in [5, 5.41) is 2.38. The van der Waals surface area contributed by atoms with Gasteiger partial charge < -0.3 is 11.1 Å². The second-order valence-electron chi connectivity index (χ2n) is 1.47.